The van der Waals surface area contributed by atoms with E-state index in [2.05, 4.69) is 37.5 Å². The van der Waals surface area contributed by atoms with Gasteiger partial charge in [-0.25, -0.2) is 9.97 Å². The van der Waals surface area contributed by atoms with Gasteiger partial charge in [-0.2, -0.15) is 0 Å². The van der Waals surface area contributed by atoms with Crippen LogP contribution in [-0.4, -0.2) is 25.8 Å². The number of aryl methyl sites for hydroxylation is 2. The van der Waals surface area contributed by atoms with E-state index >= 15 is 0 Å². The van der Waals surface area contributed by atoms with Gasteiger partial charge in [-0.1, -0.05) is 6.92 Å². The van der Waals surface area contributed by atoms with Gasteiger partial charge in [0.25, 0.3) is 5.91 Å². The van der Waals surface area contributed by atoms with Crippen molar-refractivity contribution in [2.24, 2.45) is 0 Å². The van der Waals surface area contributed by atoms with E-state index in [4.69, 9.17) is 0 Å². The summed E-state index contributed by atoms with van der Waals surface area (Å²) in [7, 11) is 0. The molecule has 0 spiro atoms. The van der Waals surface area contributed by atoms with Gasteiger partial charge in [-0.05, 0) is 25.5 Å². The number of amides is 1. The molecular formula is C18H20N6OS. The first-order chi connectivity index (χ1) is 12.6. The predicted octanol–water partition coefficient (Wildman–Crippen LogP) is 2.74. The molecule has 0 atom stereocenters. The molecule has 0 bridgehead atoms. The van der Waals surface area contributed by atoms with Gasteiger partial charge in [0, 0.05) is 17.8 Å². The molecule has 26 heavy (non-hydrogen) atoms. The van der Waals surface area contributed by atoms with Crippen LogP contribution in [0.25, 0.3) is 0 Å². The van der Waals surface area contributed by atoms with E-state index in [-0.39, 0.29) is 5.91 Å². The molecule has 3 rings (SSSR count). The molecule has 1 amide bonds. The number of rotatable bonds is 7. The molecule has 0 unspecified atom stereocenters. The minimum Gasteiger partial charge on any atom is -0.364 e. The van der Waals surface area contributed by atoms with Crippen molar-refractivity contribution in [1.82, 2.24) is 25.3 Å². The number of aromatic nitrogens is 4. The number of pyridine rings is 1. The molecule has 0 fully saturated rings. The van der Waals surface area contributed by atoms with Gasteiger partial charge < -0.3 is 10.6 Å². The first kappa shape index (κ1) is 17.9. The number of carbonyl (C=O) groups is 1. The van der Waals surface area contributed by atoms with E-state index in [0.29, 0.717) is 24.5 Å². The largest absolute Gasteiger partial charge is 0.364 e. The maximum absolute atomic E-state index is 12.2. The Hall–Kier alpha value is -2.87. The van der Waals surface area contributed by atoms with Crippen molar-refractivity contribution in [3.63, 3.8) is 0 Å². The first-order valence-corrected chi connectivity index (χ1v) is 9.21. The monoisotopic (exact) mass is 368 g/mol. The fourth-order valence-corrected chi connectivity index (χ4v) is 2.99. The fraction of sp³-hybridized carbons (Fsp3) is 0.278. The zero-order valence-corrected chi connectivity index (χ0v) is 15.5. The van der Waals surface area contributed by atoms with Crippen molar-refractivity contribution in [3.8, 4) is 0 Å². The van der Waals surface area contributed by atoms with Crippen LogP contribution in [-0.2, 0) is 19.5 Å². The lowest BCUT2D eigenvalue weighted by molar-refractivity contribution is 0.0950. The minimum atomic E-state index is -0.165. The summed E-state index contributed by atoms with van der Waals surface area (Å²) in [4.78, 5) is 29.4. The van der Waals surface area contributed by atoms with E-state index in [9.17, 15) is 4.79 Å². The van der Waals surface area contributed by atoms with E-state index in [1.807, 2.05) is 12.3 Å². The number of nitrogens with zero attached hydrogens (tertiary/aromatic N) is 4. The lowest BCUT2D eigenvalue weighted by Crippen LogP contribution is -2.22. The third-order valence-electron chi connectivity index (χ3n) is 3.67. The summed E-state index contributed by atoms with van der Waals surface area (Å²) < 4.78 is 0. The van der Waals surface area contributed by atoms with Gasteiger partial charge in [0.2, 0.25) is 0 Å². The Labute approximate surface area is 156 Å². The molecule has 3 heterocycles. The number of thiazole rings is 1. The number of hydrogen-bond donors (Lipinski definition) is 2. The Morgan fingerprint density at radius 2 is 1.96 bits per heavy atom. The molecule has 2 N–H and O–H groups in total. The Morgan fingerprint density at radius 3 is 2.62 bits per heavy atom. The Kier molecular flexibility index (Phi) is 5.85. The summed E-state index contributed by atoms with van der Waals surface area (Å²) in [6.07, 6.45) is 5.91. The van der Waals surface area contributed by atoms with Crippen LogP contribution in [0.2, 0.25) is 0 Å². The van der Waals surface area contributed by atoms with Crippen LogP contribution in [0.1, 0.15) is 39.4 Å². The van der Waals surface area contributed by atoms with Gasteiger partial charge in [0.15, 0.2) is 0 Å². The molecular weight excluding hydrogens is 348 g/mol. The van der Waals surface area contributed by atoms with Crippen LogP contribution in [0, 0.1) is 6.92 Å². The Balaban J connectivity index is 1.51. The van der Waals surface area contributed by atoms with Crippen LogP contribution >= 0.6 is 11.3 Å². The highest BCUT2D eigenvalue weighted by atomic mass is 32.1. The third kappa shape index (κ3) is 4.82. The van der Waals surface area contributed by atoms with E-state index < -0.39 is 0 Å². The molecule has 3 aromatic rings. The van der Waals surface area contributed by atoms with Crippen molar-refractivity contribution in [1.29, 1.82) is 0 Å². The number of anilines is 1. The smallest absolute Gasteiger partial charge is 0.253 e. The van der Waals surface area contributed by atoms with Crippen molar-refractivity contribution in [3.05, 3.63) is 63.8 Å². The maximum Gasteiger partial charge on any atom is 0.253 e. The average molecular weight is 368 g/mol. The molecule has 8 heteroatoms. The summed E-state index contributed by atoms with van der Waals surface area (Å²) in [5.74, 6) is 0.512. The molecule has 0 aliphatic heterocycles. The number of hydrogen-bond acceptors (Lipinski definition) is 7. The molecule has 0 aliphatic rings. The second-order valence-corrected chi connectivity index (χ2v) is 6.65. The van der Waals surface area contributed by atoms with E-state index in [0.717, 1.165) is 28.5 Å². The minimum absolute atomic E-state index is 0.165. The van der Waals surface area contributed by atoms with Gasteiger partial charge in [0.05, 0.1) is 41.9 Å². The lowest BCUT2D eigenvalue weighted by atomic mass is 10.2. The van der Waals surface area contributed by atoms with E-state index in [1.165, 1.54) is 0 Å². The van der Waals surface area contributed by atoms with Crippen molar-refractivity contribution in [2.45, 2.75) is 33.4 Å². The van der Waals surface area contributed by atoms with Crippen LogP contribution < -0.4 is 10.6 Å². The van der Waals surface area contributed by atoms with Crippen molar-refractivity contribution in [2.75, 3.05) is 5.32 Å². The van der Waals surface area contributed by atoms with Crippen LogP contribution in [0.5, 0.6) is 0 Å². The predicted molar refractivity (Wildman–Crippen MR) is 101 cm³/mol. The number of carbonyl (C=O) groups excluding carboxylic acids is 1. The van der Waals surface area contributed by atoms with Gasteiger partial charge >= 0.3 is 0 Å². The van der Waals surface area contributed by atoms with Crippen molar-refractivity contribution < 1.29 is 4.79 Å². The molecule has 0 saturated heterocycles. The molecule has 3 aromatic heterocycles. The Bertz CT molecular complexity index is 860. The van der Waals surface area contributed by atoms with Crippen LogP contribution in [0.15, 0.2) is 36.1 Å². The normalized spacial score (nSPS) is 10.5. The zero-order valence-electron chi connectivity index (χ0n) is 14.7. The quantitative estimate of drug-likeness (QED) is 0.666. The summed E-state index contributed by atoms with van der Waals surface area (Å²) >= 11 is 1.56. The van der Waals surface area contributed by atoms with Gasteiger partial charge in [0.1, 0.15) is 10.8 Å². The summed E-state index contributed by atoms with van der Waals surface area (Å²) in [5, 5.41) is 8.94. The topological polar surface area (TPSA) is 92.7 Å². The van der Waals surface area contributed by atoms with Crippen LogP contribution in [0.3, 0.4) is 0 Å². The fourth-order valence-electron chi connectivity index (χ4n) is 2.17. The lowest BCUT2D eigenvalue weighted by Gasteiger charge is -2.07. The van der Waals surface area contributed by atoms with Crippen LogP contribution in [0.4, 0.5) is 5.82 Å². The van der Waals surface area contributed by atoms with E-state index in [1.54, 1.807) is 42.1 Å². The molecule has 0 aliphatic carbocycles. The first-order valence-electron chi connectivity index (χ1n) is 8.33. The van der Waals surface area contributed by atoms with Gasteiger partial charge in [-0.3, -0.25) is 14.8 Å². The summed E-state index contributed by atoms with van der Waals surface area (Å²) in [6.45, 7) is 4.90. The highest BCUT2D eigenvalue weighted by Gasteiger charge is 2.08. The number of nitrogens with one attached hydrogen (secondary N) is 2. The molecule has 7 nitrogen and oxygen atoms in total. The second kappa shape index (κ2) is 8.48. The molecule has 0 saturated carbocycles. The molecule has 0 radical (unpaired) electrons. The summed E-state index contributed by atoms with van der Waals surface area (Å²) in [5.41, 5.74) is 3.27. The van der Waals surface area contributed by atoms with Gasteiger partial charge in [-0.15, -0.1) is 11.3 Å². The summed E-state index contributed by atoms with van der Waals surface area (Å²) in [6, 6.07) is 3.51. The Morgan fingerprint density at radius 1 is 1.08 bits per heavy atom. The standard InChI is InChI=1S/C18H20N6OS/c1-3-14-11-26-17(24-14)10-23-18(25)13-4-5-16(21-7-13)22-9-15-8-19-12(2)6-20-15/h4-8,11H,3,9-10H2,1-2H3,(H,21,22)(H,23,25). The SMILES string of the molecule is CCc1csc(CNC(=O)c2ccc(NCc3cnc(C)cn3)nc2)n1. The average Bonchev–Trinajstić information content (AvgIpc) is 3.14. The zero-order chi connectivity index (χ0) is 18.4. The van der Waals surface area contributed by atoms with Crippen molar-refractivity contribution >= 4 is 23.1 Å². The maximum atomic E-state index is 12.2. The second-order valence-electron chi connectivity index (χ2n) is 5.70. The highest BCUT2D eigenvalue weighted by molar-refractivity contribution is 7.09. The highest BCUT2D eigenvalue weighted by Crippen LogP contribution is 2.11. The molecule has 0 aromatic carbocycles. The third-order valence-corrected chi connectivity index (χ3v) is 4.57. The molecule has 134 valence electrons.